The summed E-state index contributed by atoms with van der Waals surface area (Å²) in [6, 6.07) is 37.3. The normalized spacial score (nSPS) is 11.3. The Morgan fingerprint density at radius 1 is 0.514 bits per heavy atom. The standard InChI is InChI=1S/C34H35N/c1-5-35(6-2)32-22-20-31(21-23-32)33(28-10-8-7-9-11-28)24-25-34(29-16-12-26(3)13-17-29)30-18-14-27(4)15-19-30/h7-25H,5-6H2,1-4H3/b33-24+. The van der Waals surface area contributed by atoms with Crippen LogP contribution in [0.5, 0.6) is 0 Å². The van der Waals surface area contributed by atoms with Crippen LogP contribution < -0.4 is 4.90 Å². The predicted molar refractivity (Wildman–Crippen MR) is 153 cm³/mol. The summed E-state index contributed by atoms with van der Waals surface area (Å²) in [5, 5.41) is 0. The Morgan fingerprint density at radius 3 is 1.29 bits per heavy atom. The topological polar surface area (TPSA) is 3.24 Å². The molecule has 0 aliphatic heterocycles. The zero-order valence-electron chi connectivity index (χ0n) is 21.3. The fourth-order valence-electron chi connectivity index (χ4n) is 4.41. The maximum absolute atomic E-state index is 2.38. The lowest BCUT2D eigenvalue weighted by atomic mass is 9.93. The molecule has 4 aromatic rings. The largest absolute Gasteiger partial charge is 0.372 e. The molecule has 0 N–H and O–H groups in total. The molecule has 0 aliphatic carbocycles. The fraction of sp³-hybridized carbons (Fsp3) is 0.176. The number of allylic oxidation sites excluding steroid dienone is 2. The van der Waals surface area contributed by atoms with Crippen molar-refractivity contribution in [3.05, 3.63) is 149 Å². The maximum Gasteiger partial charge on any atom is 0.0366 e. The highest BCUT2D eigenvalue weighted by atomic mass is 15.1. The summed E-state index contributed by atoms with van der Waals surface area (Å²) in [4.78, 5) is 2.38. The second kappa shape index (κ2) is 11.5. The Bertz CT molecular complexity index is 1220. The van der Waals surface area contributed by atoms with Crippen LogP contribution in [0.4, 0.5) is 5.69 Å². The lowest BCUT2D eigenvalue weighted by Crippen LogP contribution is -2.21. The predicted octanol–water partition coefficient (Wildman–Crippen LogP) is 8.71. The van der Waals surface area contributed by atoms with Gasteiger partial charge in [-0.15, -0.1) is 0 Å². The van der Waals surface area contributed by atoms with Gasteiger partial charge in [0.25, 0.3) is 0 Å². The van der Waals surface area contributed by atoms with Crippen LogP contribution in [0.3, 0.4) is 0 Å². The van der Waals surface area contributed by atoms with Crippen LogP contribution in [0.1, 0.15) is 47.2 Å². The third kappa shape index (κ3) is 6.00. The lowest BCUT2D eigenvalue weighted by molar-refractivity contribution is 0.866. The quantitative estimate of drug-likeness (QED) is 0.239. The van der Waals surface area contributed by atoms with Gasteiger partial charge in [-0.1, -0.05) is 114 Å². The van der Waals surface area contributed by atoms with E-state index in [1.807, 2.05) is 0 Å². The van der Waals surface area contributed by atoms with E-state index in [9.17, 15) is 0 Å². The molecule has 4 rings (SSSR count). The summed E-state index contributed by atoms with van der Waals surface area (Å²) in [7, 11) is 0. The molecule has 4 aromatic carbocycles. The van der Waals surface area contributed by atoms with Crippen molar-refractivity contribution in [2.75, 3.05) is 18.0 Å². The monoisotopic (exact) mass is 457 g/mol. The van der Waals surface area contributed by atoms with Crippen LogP contribution >= 0.6 is 0 Å². The summed E-state index contributed by atoms with van der Waals surface area (Å²) in [5.41, 5.74) is 11.1. The molecule has 0 atom stereocenters. The summed E-state index contributed by atoms with van der Waals surface area (Å²) in [6.07, 6.45) is 4.55. The smallest absolute Gasteiger partial charge is 0.0366 e. The molecule has 0 bridgehead atoms. The van der Waals surface area contributed by atoms with Crippen molar-refractivity contribution in [1.29, 1.82) is 0 Å². The molecular formula is C34H35N. The van der Waals surface area contributed by atoms with Crippen LogP contribution in [-0.2, 0) is 0 Å². The van der Waals surface area contributed by atoms with Crippen molar-refractivity contribution in [1.82, 2.24) is 0 Å². The van der Waals surface area contributed by atoms with Crippen LogP contribution in [0.15, 0.2) is 115 Å². The van der Waals surface area contributed by atoms with Gasteiger partial charge in [0.15, 0.2) is 0 Å². The van der Waals surface area contributed by atoms with Gasteiger partial charge in [-0.3, -0.25) is 0 Å². The molecule has 0 fully saturated rings. The fourth-order valence-corrected chi connectivity index (χ4v) is 4.41. The van der Waals surface area contributed by atoms with Gasteiger partial charge in [0.1, 0.15) is 0 Å². The van der Waals surface area contributed by atoms with Crippen molar-refractivity contribution >= 4 is 16.8 Å². The van der Waals surface area contributed by atoms with Gasteiger partial charge >= 0.3 is 0 Å². The molecule has 35 heavy (non-hydrogen) atoms. The van der Waals surface area contributed by atoms with E-state index < -0.39 is 0 Å². The van der Waals surface area contributed by atoms with Crippen molar-refractivity contribution < 1.29 is 0 Å². The second-order valence-electron chi connectivity index (χ2n) is 8.98. The summed E-state index contributed by atoms with van der Waals surface area (Å²) >= 11 is 0. The minimum atomic E-state index is 1.01. The van der Waals surface area contributed by atoms with E-state index in [4.69, 9.17) is 0 Å². The number of rotatable bonds is 8. The molecule has 0 amide bonds. The molecule has 1 nitrogen and oxygen atoms in total. The molecule has 176 valence electrons. The Hall–Kier alpha value is -3.84. The molecule has 0 saturated carbocycles. The number of nitrogens with zero attached hydrogens (tertiary/aromatic N) is 1. The van der Waals surface area contributed by atoms with Gasteiger partial charge in [-0.05, 0) is 73.2 Å². The van der Waals surface area contributed by atoms with Gasteiger partial charge in [0.05, 0.1) is 0 Å². The Morgan fingerprint density at radius 2 is 0.886 bits per heavy atom. The number of anilines is 1. The summed E-state index contributed by atoms with van der Waals surface area (Å²) in [5.74, 6) is 0. The molecular weight excluding hydrogens is 422 g/mol. The first-order valence-corrected chi connectivity index (χ1v) is 12.6. The SMILES string of the molecule is CCN(CC)c1ccc(/C(=C/C=C(c2ccc(C)cc2)c2ccc(C)cc2)c2ccccc2)cc1. The van der Waals surface area contributed by atoms with E-state index in [-0.39, 0.29) is 0 Å². The van der Waals surface area contributed by atoms with E-state index >= 15 is 0 Å². The van der Waals surface area contributed by atoms with E-state index in [1.54, 1.807) is 0 Å². The lowest BCUT2D eigenvalue weighted by Gasteiger charge is -2.21. The van der Waals surface area contributed by atoms with E-state index in [1.165, 1.54) is 50.2 Å². The highest BCUT2D eigenvalue weighted by Gasteiger charge is 2.09. The Balaban J connectivity index is 1.83. The highest BCUT2D eigenvalue weighted by Crippen LogP contribution is 2.29. The van der Waals surface area contributed by atoms with E-state index in [2.05, 4.69) is 148 Å². The summed E-state index contributed by atoms with van der Waals surface area (Å²) < 4.78 is 0. The van der Waals surface area contributed by atoms with Crippen LogP contribution in [0, 0.1) is 13.8 Å². The van der Waals surface area contributed by atoms with Crippen LogP contribution in [0.25, 0.3) is 11.1 Å². The maximum atomic E-state index is 2.38. The molecule has 0 heterocycles. The molecule has 0 aliphatic rings. The molecule has 0 aromatic heterocycles. The van der Waals surface area contributed by atoms with Gasteiger partial charge < -0.3 is 4.90 Å². The number of aryl methyl sites for hydroxylation is 2. The first-order chi connectivity index (χ1) is 17.1. The minimum Gasteiger partial charge on any atom is -0.372 e. The highest BCUT2D eigenvalue weighted by molar-refractivity contribution is 5.86. The zero-order chi connectivity index (χ0) is 24.6. The molecule has 0 radical (unpaired) electrons. The molecule has 1 heteroatoms. The van der Waals surface area contributed by atoms with Gasteiger partial charge in [0.2, 0.25) is 0 Å². The first-order valence-electron chi connectivity index (χ1n) is 12.6. The minimum absolute atomic E-state index is 1.01. The number of hydrogen-bond acceptors (Lipinski definition) is 1. The molecule has 0 unspecified atom stereocenters. The third-order valence-electron chi connectivity index (χ3n) is 6.53. The van der Waals surface area contributed by atoms with Crippen LogP contribution in [0.2, 0.25) is 0 Å². The average Bonchev–Trinajstić information content (AvgIpc) is 2.90. The van der Waals surface area contributed by atoms with Crippen LogP contribution in [-0.4, -0.2) is 13.1 Å². The first kappa shape index (κ1) is 24.3. The van der Waals surface area contributed by atoms with Gasteiger partial charge in [-0.25, -0.2) is 0 Å². The Labute approximate surface area is 211 Å². The van der Waals surface area contributed by atoms with Crippen molar-refractivity contribution in [3.63, 3.8) is 0 Å². The van der Waals surface area contributed by atoms with Crippen molar-refractivity contribution in [2.24, 2.45) is 0 Å². The number of hydrogen-bond donors (Lipinski definition) is 0. The van der Waals surface area contributed by atoms with Crippen molar-refractivity contribution in [2.45, 2.75) is 27.7 Å². The van der Waals surface area contributed by atoms with E-state index in [0.717, 1.165) is 13.1 Å². The third-order valence-corrected chi connectivity index (χ3v) is 6.53. The molecule has 0 saturated heterocycles. The zero-order valence-corrected chi connectivity index (χ0v) is 21.3. The second-order valence-corrected chi connectivity index (χ2v) is 8.98. The van der Waals surface area contributed by atoms with Crippen molar-refractivity contribution in [3.8, 4) is 0 Å². The average molecular weight is 458 g/mol. The van der Waals surface area contributed by atoms with Gasteiger partial charge in [-0.2, -0.15) is 0 Å². The van der Waals surface area contributed by atoms with E-state index in [0.29, 0.717) is 0 Å². The summed E-state index contributed by atoms with van der Waals surface area (Å²) in [6.45, 7) is 10.7. The van der Waals surface area contributed by atoms with Gasteiger partial charge in [0, 0.05) is 18.8 Å². The number of benzene rings is 4. The molecule has 0 spiro atoms. The Kier molecular flexibility index (Phi) is 8.00.